The molecule has 0 fully saturated rings. The number of pyridine rings is 1. The molecule has 0 amide bonds. The minimum Gasteiger partial charge on any atom is -0.309 e. The maximum absolute atomic E-state index is 6.19. The second-order valence-electron chi connectivity index (χ2n) is 4.96. The van der Waals surface area contributed by atoms with E-state index in [1.54, 1.807) is 18.0 Å². The number of thioether (sulfide) groups is 1. The van der Waals surface area contributed by atoms with Gasteiger partial charge in [0.15, 0.2) is 0 Å². The standard InChI is InChI=1S/C17H21ClN2S/c1-3-10-19-16(14-8-5-4-7-13(14)2)12-21-17-15(18)9-6-11-20-17/h4-9,11,16,19H,3,10,12H2,1-2H3. The Morgan fingerprint density at radius 3 is 2.76 bits per heavy atom. The number of nitrogens with zero attached hydrogens (tertiary/aromatic N) is 1. The van der Waals surface area contributed by atoms with Crippen molar-refractivity contribution in [3.8, 4) is 0 Å². The van der Waals surface area contributed by atoms with E-state index < -0.39 is 0 Å². The van der Waals surface area contributed by atoms with Crippen molar-refractivity contribution in [1.82, 2.24) is 10.3 Å². The van der Waals surface area contributed by atoms with Gasteiger partial charge in [0, 0.05) is 18.0 Å². The highest BCUT2D eigenvalue weighted by atomic mass is 35.5. The summed E-state index contributed by atoms with van der Waals surface area (Å²) in [6.45, 7) is 5.36. The highest BCUT2D eigenvalue weighted by Gasteiger charge is 2.14. The molecule has 0 bridgehead atoms. The van der Waals surface area contributed by atoms with Gasteiger partial charge in [-0.3, -0.25) is 0 Å². The first-order valence-electron chi connectivity index (χ1n) is 7.24. The molecule has 1 heterocycles. The molecule has 1 aromatic carbocycles. The van der Waals surface area contributed by atoms with Gasteiger partial charge in [0.1, 0.15) is 5.03 Å². The van der Waals surface area contributed by atoms with Crippen LogP contribution in [-0.2, 0) is 0 Å². The van der Waals surface area contributed by atoms with Gasteiger partial charge in [0.25, 0.3) is 0 Å². The van der Waals surface area contributed by atoms with E-state index in [9.17, 15) is 0 Å². The molecule has 0 aliphatic heterocycles. The monoisotopic (exact) mass is 320 g/mol. The first-order valence-corrected chi connectivity index (χ1v) is 8.61. The highest BCUT2D eigenvalue weighted by molar-refractivity contribution is 7.99. The summed E-state index contributed by atoms with van der Waals surface area (Å²) in [6.07, 6.45) is 2.91. The Hall–Kier alpha value is -1.03. The van der Waals surface area contributed by atoms with Crippen LogP contribution < -0.4 is 5.32 Å². The number of hydrogen-bond acceptors (Lipinski definition) is 3. The van der Waals surface area contributed by atoms with Crippen LogP contribution in [0.3, 0.4) is 0 Å². The van der Waals surface area contributed by atoms with Crippen LogP contribution in [0.5, 0.6) is 0 Å². The van der Waals surface area contributed by atoms with Crippen molar-refractivity contribution in [1.29, 1.82) is 0 Å². The fourth-order valence-corrected chi connectivity index (χ4v) is 3.44. The number of nitrogens with one attached hydrogen (secondary N) is 1. The lowest BCUT2D eigenvalue weighted by atomic mass is 10.0. The quantitative estimate of drug-likeness (QED) is 0.736. The average Bonchev–Trinajstić information content (AvgIpc) is 2.50. The maximum Gasteiger partial charge on any atom is 0.115 e. The predicted molar refractivity (Wildman–Crippen MR) is 92.2 cm³/mol. The first-order chi connectivity index (χ1) is 10.2. The topological polar surface area (TPSA) is 24.9 Å². The predicted octanol–water partition coefficient (Wildman–Crippen LogP) is 4.88. The summed E-state index contributed by atoms with van der Waals surface area (Å²) in [6, 6.07) is 12.6. The fraction of sp³-hybridized carbons (Fsp3) is 0.353. The van der Waals surface area contributed by atoms with Crippen molar-refractivity contribution in [2.45, 2.75) is 31.3 Å². The molecular weight excluding hydrogens is 300 g/mol. The molecule has 0 aliphatic carbocycles. The molecule has 1 aromatic heterocycles. The molecule has 1 N–H and O–H groups in total. The third-order valence-electron chi connectivity index (χ3n) is 3.32. The molecule has 2 rings (SSSR count). The van der Waals surface area contributed by atoms with Gasteiger partial charge in [-0.15, -0.1) is 11.8 Å². The molecule has 0 saturated carbocycles. The van der Waals surface area contributed by atoms with Crippen LogP contribution in [0.4, 0.5) is 0 Å². The van der Waals surface area contributed by atoms with E-state index in [2.05, 4.69) is 48.4 Å². The summed E-state index contributed by atoms with van der Waals surface area (Å²) in [5, 5.41) is 5.25. The Bertz CT molecular complexity index is 574. The van der Waals surface area contributed by atoms with Gasteiger partial charge >= 0.3 is 0 Å². The van der Waals surface area contributed by atoms with E-state index in [0.717, 1.165) is 28.8 Å². The number of aryl methyl sites for hydroxylation is 1. The number of hydrogen-bond donors (Lipinski definition) is 1. The molecule has 0 radical (unpaired) electrons. The number of halogens is 1. The van der Waals surface area contributed by atoms with E-state index >= 15 is 0 Å². The molecule has 2 aromatic rings. The summed E-state index contributed by atoms with van der Waals surface area (Å²) in [5.41, 5.74) is 2.67. The fourth-order valence-electron chi connectivity index (χ4n) is 2.19. The number of aromatic nitrogens is 1. The van der Waals surface area contributed by atoms with E-state index in [0.29, 0.717) is 6.04 Å². The molecule has 0 aliphatic rings. The number of rotatable bonds is 7. The summed E-state index contributed by atoms with van der Waals surface area (Å²) in [5.74, 6) is 0.918. The molecule has 1 unspecified atom stereocenters. The first kappa shape index (κ1) is 16.3. The molecule has 21 heavy (non-hydrogen) atoms. The van der Waals surface area contributed by atoms with E-state index in [-0.39, 0.29) is 0 Å². The van der Waals surface area contributed by atoms with Crippen LogP contribution in [0.15, 0.2) is 47.6 Å². The Labute approximate surface area is 136 Å². The van der Waals surface area contributed by atoms with E-state index in [4.69, 9.17) is 11.6 Å². The second-order valence-corrected chi connectivity index (χ2v) is 6.38. The van der Waals surface area contributed by atoms with Crippen LogP contribution >= 0.6 is 23.4 Å². The molecular formula is C17H21ClN2S. The SMILES string of the molecule is CCCNC(CSc1ncccc1Cl)c1ccccc1C. The zero-order chi connectivity index (χ0) is 15.1. The molecule has 112 valence electrons. The third-order valence-corrected chi connectivity index (χ3v) is 4.83. The Balaban J connectivity index is 2.10. The van der Waals surface area contributed by atoms with Crippen molar-refractivity contribution in [2.24, 2.45) is 0 Å². The van der Waals surface area contributed by atoms with Gasteiger partial charge in [-0.2, -0.15) is 0 Å². The van der Waals surface area contributed by atoms with Crippen molar-refractivity contribution >= 4 is 23.4 Å². The Kier molecular flexibility index (Phi) is 6.55. The summed E-state index contributed by atoms with van der Waals surface area (Å²) >= 11 is 7.89. The molecule has 0 spiro atoms. The van der Waals surface area contributed by atoms with Crippen molar-refractivity contribution in [2.75, 3.05) is 12.3 Å². The van der Waals surface area contributed by atoms with Crippen LogP contribution in [0, 0.1) is 6.92 Å². The van der Waals surface area contributed by atoms with E-state index in [1.165, 1.54) is 11.1 Å². The normalized spacial score (nSPS) is 12.3. The lowest BCUT2D eigenvalue weighted by Gasteiger charge is -2.20. The van der Waals surface area contributed by atoms with Crippen LogP contribution in [0.25, 0.3) is 0 Å². The third kappa shape index (κ3) is 4.73. The lowest BCUT2D eigenvalue weighted by molar-refractivity contribution is 0.575. The van der Waals surface area contributed by atoms with Gasteiger partial charge in [0.2, 0.25) is 0 Å². The van der Waals surface area contributed by atoms with Crippen molar-refractivity contribution in [3.63, 3.8) is 0 Å². The van der Waals surface area contributed by atoms with Crippen molar-refractivity contribution in [3.05, 3.63) is 58.7 Å². The molecule has 1 atom stereocenters. The smallest absolute Gasteiger partial charge is 0.115 e. The van der Waals surface area contributed by atoms with Crippen LogP contribution in [0.1, 0.15) is 30.5 Å². The lowest BCUT2D eigenvalue weighted by Crippen LogP contribution is -2.24. The summed E-state index contributed by atoms with van der Waals surface area (Å²) < 4.78 is 0. The second kappa shape index (κ2) is 8.42. The minimum atomic E-state index is 0.314. The highest BCUT2D eigenvalue weighted by Crippen LogP contribution is 2.29. The number of benzene rings is 1. The van der Waals surface area contributed by atoms with Gasteiger partial charge in [-0.25, -0.2) is 4.98 Å². The average molecular weight is 321 g/mol. The van der Waals surface area contributed by atoms with Gasteiger partial charge in [-0.1, -0.05) is 42.8 Å². The van der Waals surface area contributed by atoms with Crippen molar-refractivity contribution < 1.29 is 0 Å². The van der Waals surface area contributed by atoms with Gasteiger partial charge in [0.05, 0.1) is 5.02 Å². The van der Waals surface area contributed by atoms with Gasteiger partial charge in [-0.05, 0) is 43.1 Å². The molecule has 4 heteroatoms. The van der Waals surface area contributed by atoms with E-state index in [1.807, 2.05) is 12.1 Å². The molecule has 2 nitrogen and oxygen atoms in total. The zero-order valence-electron chi connectivity index (χ0n) is 12.5. The summed E-state index contributed by atoms with van der Waals surface area (Å²) in [4.78, 5) is 4.35. The Morgan fingerprint density at radius 1 is 1.24 bits per heavy atom. The largest absolute Gasteiger partial charge is 0.309 e. The van der Waals surface area contributed by atoms with Gasteiger partial charge < -0.3 is 5.32 Å². The maximum atomic E-state index is 6.19. The summed E-state index contributed by atoms with van der Waals surface area (Å²) in [7, 11) is 0. The minimum absolute atomic E-state index is 0.314. The Morgan fingerprint density at radius 2 is 2.05 bits per heavy atom. The van der Waals surface area contributed by atoms with Crippen LogP contribution in [-0.4, -0.2) is 17.3 Å². The zero-order valence-corrected chi connectivity index (χ0v) is 14.0. The van der Waals surface area contributed by atoms with Crippen LogP contribution in [0.2, 0.25) is 5.02 Å². The molecule has 0 saturated heterocycles.